The predicted octanol–water partition coefficient (Wildman–Crippen LogP) is -0.840. The maximum Gasteiger partial charge on any atom is 0.397 e. The van der Waals surface area contributed by atoms with Gasteiger partial charge in [-0.1, -0.05) is 0 Å². The number of primary amides is 1. The number of hydrogen-bond donors (Lipinski definition) is 3. The Morgan fingerprint density at radius 2 is 1.57 bits per heavy atom. The predicted molar refractivity (Wildman–Crippen MR) is 50.3 cm³/mol. The smallest absolute Gasteiger partial charge is 0.397 e. The zero-order valence-electron chi connectivity index (χ0n) is 8.14. The zero-order valence-corrected chi connectivity index (χ0v) is 8.96. The van der Waals surface area contributed by atoms with Gasteiger partial charge in [-0.15, -0.1) is 0 Å². The second-order valence-electron chi connectivity index (χ2n) is 2.27. The van der Waals surface area contributed by atoms with Gasteiger partial charge in [0.2, 0.25) is 5.91 Å². The average molecular weight is 226 g/mol. The first-order valence-electron chi connectivity index (χ1n) is 3.37. The van der Waals surface area contributed by atoms with E-state index in [0.717, 1.165) is 7.11 Å². The van der Waals surface area contributed by atoms with Crippen molar-refractivity contribution < 1.29 is 21.9 Å². The second-order valence-corrected chi connectivity index (χ2v) is 3.46. The first-order valence-corrected chi connectivity index (χ1v) is 4.74. The number of amides is 1. The Morgan fingerprint density at radius 1 is 1.29 bits per heavy atom. The molecule has 0 saturated heterocycles. The van der Waals surface area contributed by atoms with Crippen LogP contribution in [0, 0.1) is 0 Å². The summed E-state index contributed by atoms with van der Waals surface area (Å²) in [6.07, 6.45) is 0. The third kappa shape index (κ3) is 10.9. The van der Waals surface area contributed by atoms with Gasteiger partial charge in [0.05, 0.1) is 7.11 Å². The van der Waals surface area contributed by atoms with Crippen molar-refractivity contribution in [2.45, 2.75) is 13.8 Å². The molecule has 1 amide bonds. The lowest BCUT2D eigenvalue weighted by atomic mass is 10.2. The highest BCUT2D eigenvalue weighted by Crippen LogP contribution is 1.92. The van der Waals surface area contributed by atoms with E-state index in [1.165, 1.54) is 0 Å². The van der Waals surface area contributed by atoms with E-state index in [1.54, 1.807) is 13.8 Å². The normalized spacial score (nSPS) is 12.3. The summed E-state index contributed by atoms with van der Waals surface area (Å²) in [5.74, 6) is -0.454. The van der Waals surface area contributed by atoms with Crippen LogP contribution < -0.4 is 11.5 Å². The van der Waals surface area contributed by atoms with Crippen molar-refractivity contribution >= 4 is 16.3 Å². The van der Waals surface area contributed by atoms with Gasteiger partial charge in [0.25, 0.3) is 0 Å². The summed E-state index contributed by atoms with van der Waals surface area (Å²) in [4.78, 5) is 10.2. The monoisotopic (exact) mass is 226 g/mol. The van der Waals surface area contributed by atoms with Crippen molar-refractivity contribution in [2.75, 3.05) is 7.11 Å². The van der Waals surface area contributed by atoms with Gasteiger partial charge in [-0.3, -0.25) is 13.5 Å². The number of carbonyl (C=O) groups excluding carboxylic acids is 1. The van der Waals surface area contributed by atoms with Gasteiger partial charge >= 0.3 is 10.4 Å². The molecule has 14 heavy (non-hydrogen) atoms. The molecule has 84 valence electrons. The summed E-state index contributed by atoms with van der Waals surface area (Å²) in [7, 11) is -3.29. The molecular weight excluding hydrogens is 212 g/mol. The molecule has 0 aromatic rings. The molecule has 0 heterocycles. The Labute approximate surface area is 82.7 Å². The molecule has 0 rings (SSSR count). The van der Waals surface area contributed by atoms with Gasteiger partial charge < -0.3 is 11.5 Å². The minimum Gasteiger partial charge on any atom is -0.402 e. The lowest BCUT2D eigenvalue weighted by Gasteiger charge is -1.94. The zero-order chi connectivity index (χ0) is 11.9. The molecule has 0 aromatic carbocycles. The fourth-order valence-corrected chi connectivity index (χ4v) is 0.194. The van der Waals surface area contributed by atoms with Crippen molar-refractivity contribution in [2.24, 2.45) is 11.5 Å². The molecule has 0 unspecified atom stereocenters. The van der Waals surface area contributed by atoms with Crippen LogP contribution in [0.2, 0.25) is 0 Å². The Kier molecular flexibility index (Phi) is 6.97. The molecule has 8 heteroatoms. The van der Waals surface area contributed by atoms with Crippen LogP contribution >= 0.6 is 0 Å². The quantitative estimate of drug-likeness (QED) is 0.415. The third-order valence-corrected chi connectivity index (χ3v) is 1.59. The molecule has 0 radical (unpaired) electrons. The molecule has 0 saturated carbocycles. The van der Waals surface area contributed by atoms with Crippen LogP contribution in [0.5, 0.6) is 0 Å². The van der Waals surface area contributed by atoms with Crippen LogP contribution in [0.15, 0.2) is 11.3 Å². The van der Waals surface area contributed by atoms with Gasteiger partial charge in [-0.2, -0.15) is 8.42 Å². The van der Waals surface area contributed by atoms with E-state index in [9.17, 15) is 13.2 Å². The Hall–Kier alpha value is -1.12. The largest absolute Gasteiger partial charge is 0.402 e. The van der Waals surface area contributed by atoms with E-state index in [-0.39, 0.29) is 0 Å². The molecule has 0 spiro atoms. The van der Waals surface area contributed by atoms with Crippen molar-refractivity contribution in [1.29, 1.82) is 0 Å². The summed E-state index contributed by atoms with van der Waals surface area (Å²) in [5, 5.41) is 0. The highest BCUT2D eigenvalue weighted by Gasteiger charge is 1.97. The highest BCUT2D eigenvalue weighted by molar-refractivity contribution is 7.80. The van der Waals surface area contributed by atoms with Crippen LogP contribution in [0.1, 0.15) is 13.8 Å². The van der Waals surface area contributed by atoms with Crippen LogP contribution in [0.3, 0.4) is 0 Å². The van der Waals surface area contributed by atoms with Crippen molar-refractivity contribution in [3.63, 3.8) is 0 Å². The molecule has 0 fully saturated rings. The number of allylic oxidation sites excluding steroid dienone is 1. The molecule has 0 aliphatic carbocycles. The van der Waals surface area contributed by atoms with Crippen molar-refractivity contribution in [3.05, 3.63) is 11.3 Å². The average Bonchev–Trinajstić information content (AvgIpc) is 2.02. The van der Waals surface area contributed by atoms with Crippen LogP contribution in [0.4, 0.5) is 0 Å². The Bertz CT molecular complexity index is 315. The summed E-state index contributed by atoms with van der Waals surface area (Å²) in [6.45, 7) is 3.23. The molecular formula is C6H14N2O5S. The van der Waals surface area contributed by atoms with Crippen molar-refractivity contribution in [1.82, 2.24) is 0 Å². The lowest BCUT2D eigenvalue weighted by molar-refractivity contribution is -0.114. The van der Waals surface area contributed by atoms with E-state index in [4.69, 9.17) is 16.0 Å². The second kappa shape index (κ2) is 6.35. The summed E-state index contributed by atoms with van der Waals surface area (Å²) in [6, 6.07) is 0. The molecule has 0 bridgehead atoms. The maximum atomic E-state index is 10.2. The lowest BCUT2D eigenvalue weighted by Crippen LogP contribution is -2.15. The SMILES string of the molecule is CC(N)=C(C)C(N)=O.COS(=O)(=O)O. The Morgan fingerprint density at radius 3 is 1.57 bits per heavy atom. The van der Waals surface area contributed by atoms with E-state index in [1.807, 2.05) is 0 Å². The van der Waals surface area contributed by atoms with Crippen LogP contribution in [-0.2, 0) is 19.4 Å². The first-order chi connectivity index (χ1) is 6.11. The first kappa shape index (κ1) is 15.4. The van der Waals surface area contributed by atoms with E-state index in [2.05, 4.69) is 4.18 Å². The molecule has 0 aromatic heterocycles. The summed E-state index contributed by atoms with van der Waals surface area (Å²) < 4.78 is 29.7. The fraction of sp³-hybridized carbons (Fsp3) is 0.500. The molecule has 5 N–H and O–H groups in total. The number of nitrogens with two attached hydrogens (primary N) is 2. The third-order valence-electron chi connectivity index (χ3n) is 1.17. The number of carbonyl (C=O) groups is 1. The van der Waals surface area contributed by atoms with E-state index in [0.29, 0.717) is 11.3 Å². The van der Waals surface area contributed by atoms with E-state index >= 15 is 0 Å². The number of hydrogen-bond acceptors (Lipinski definition) is 5. The summed E-state index contributed by atoms with van der Waals surface area (Å²) >= 11 is 0. The van der Waals surface area contributed by atoms with E-state index < -0.39 is 16.3 Å². The van der Waals surface area contributed by atoms with Crippen LogP contribution in [-0.4, -0.2) is 26.0 Å². The molecule has 0 aliphatic heterocycles. The minimum atomic E-state index is -4.16. The van der Waals surface area contributed by atoms with Gasteiger partial charge in [0.15, 0.2) is 0 Å². The van der Waals surface area contributed by atoms with Gasteiger partial charge in [0, 0.05) is 11.3 Å². The fourth-order valence-electron chi connectivity index (χ4n) is 0.194. The van der Waals surface area contributed by atoms with Gasteiger partial charge in [-0.25, -0.2) is 0 Å². The highest BCUT2D eigenvalue weighted by atomic mass is 32.3. The maximum absolute atomic E-state index is 10.2. The molecule has 0 aliphatic rings. The van der Waals surface area contributed by atoms with Gasteiger partial charge in [-0.05, 0) is 13.8 Å². The molecule has 0 atom stereocenters. The van der Waals surface area contributed by atoms with Gasteiger partial charge in [0.1, 0.15) is 0 Å². The minimum absolute atomic E-state index is 0.435. The summed E-state index contributed by atoms with van der Waals surface area (Å²) in [5.41, 5.74) is 11.0. The topological polar surface area (TPSA) is 133 Å². The number of rotatable bonds is 2. The Balaban J connectivity index is 0. The van der Waals surface area contributed by atoms with Crippen molar-refractivity contribution in [3.8, 4) is 0 Å². The standard InChI is InChI=1S/C5H10N2O.CH4O4S/c1-3(4(2)6)5(7)8;1-5-6(2,3)4/h6H2,1-2H3,(H2,7,8);1H3,(H,2,3,4). The van der Waals surface area contributed by atoms with Crippen LogP contribution in [0.25, 0.3) is 0 Å². The molecule has 7 nitrogen and oxygen atoms in total.